The summed E-state index contributed by atoms with van der Waals surface area (Å²) in [6.07, 6.45) is 2.09. The van der Waals surface area contributed by atoms with Crippen LogP contribution in [0.1, 0.15) is 6.42 Å². The highest BCUT2D eigenvalue weighted by molar-refractivity contribution is 6.28. The van der Waals surface area contributed by atoms with E-state index in [4.69, 9.17) is 16.3 Å². The molecule has 16 heavy (non-hydrogen) atoms. The van der Waals surface area contributed by atoms with E-state index in [9.17, 15) is 4.39 Å². The molecule has 0 N–H and O–H groups in total. The Bertz CT molecular complexity index is 377. The fourth-order valence-electron chi connectivity index (χ4n) is 1.96. The lowest BCUT2D eigenvalue weighted by Gasteiger charge is -2.17. The molecule has 6 heteroatoms. The van der Waals surface area contributed by atoms with Crippen molar-refractivity contribution in [1.82, 2.24) is 9.97 Å². The first-order valence-corrected chi connectivity index (χ1v) is 5.50. The van der Waals surface area contributed by atoms with Crippen LogP contribution >= 0.6 is 11.6 Å². The lowest BCUT2D eigenvalue weighted by Crippen LogP contribution is -2.23. The van der Waals surface area contributed by atoms with Gasteiger partial charge in [-0.15, -0.1) is 0 Å². The van der Waals surface area contributed by atoms with Gasteiger partial charge >= 0.3 is 0 Å². The van der Waals surface area contributed by atoms with Crippen LogP contribution < -0.4 is 4.90 Å². The minimum Gasteiger partial charge on any atom is -0.384 e. The molecule has 1 saturated heterocycles. The summed E-state index contributed by atoms with van der Waals surface area (Å²) in [7, 11) is 1.67. The molecule has 0 aromatic carbocycles. The molecule has 2 heterocycles. The number of aromatic nitrogens is 2. The molecule has 0 saturated carbocycles. The average molecular weight is 246 g/mol. The molecule has 1 fully saturated rings. The zero-order chi connectivity index (χ0) is 11.5. The van der Waals surface area contributed by atoms with Crippen molar-refractivity contribution < 1.29 is 9.13 Å². The van der Waals surface area contributed by atoms with Gasteiger partial charge < -0.3 is 9.64 Å². The van der Waals surface area contributed by atoms with Crippen LogP contribution in [0.25, 0.3) is 0 Å². The van der Waals surface area contributed by atoms with Gasteiger partial charge in [-0.2, -0.15) is 4.98 Å². The third-order valence-corrected chi connectivity index (χ3v) is 2.87. The second-order valence-electron chi connectivity index (χ2n) is 3.87. The molecule has 1 aromatic rings. The van der Waals surface area contributed by atoms with E-state index in [2.05, 4.69) is 9.97 Å². The normalized spacial score (nSPS) is 20.4. The van der Waals surface area contributed by atoms with Crippen LogP contribution in [-0.4, -0.2) is 36.8 Å². The predicted octanol–water partition coefficient (Wildman–Crippen LogP) is 1.74. The highest BCUT2D eigenvalue weighted by Crippen LogP contribution is 2.25. The summed E-state index contributed by atoms with van der Waals surface area (Å²) in [5.74, 6) is 0.291. The summed E-state index contributed by atoms with van der Waals surface area (Å²) >= 11 is 5.65. The van der Waals surface area contributed by atoms with E-state index in [-0.39, 0.29) is 5.28 Å². The first kappa shape index (κ1) is 11.5. The number of hydrogen-bond acceptors (Lipinski definition) is 4. The molecule has 1 aromatic heterocycles. The van der Waals surface area contributed by atoms with E-state index in [0.29, 0.717) is 18.3 Å². The Hall–Kier alpha value is -0.940. The average Bonchev–Trinajstić information content (AvgIpc) is 2.71. The maximum absolute atomic E-state index is 13.5. The van der Waals surface area contributed by atoms with Crippen molar-refractivity contribution in [3.63, 3.8) is 0 Å². The molecule has 0 amide bonds. The summed E-state index contributed by atoms with van der Waals surface area (Å²) in [5, 5.41) is 0.0755. The maximum atomic E-state index is 13.5. The first-order valence-electron chi connectivity index (χ1n) is 5.12. The largest absolute Gasteiger partial charge is 0.384 e. The summed E-state index contributed by atoms with van der Waals surface area (Å²) < 4.78 is 18.6. The van der Waals surface area contributed by atoms with Gasteiger partial charge in [0.1, 0.15) is 0 Å². The van der Waals surface area contributed by atoms with Crippen LogP contribution in [0.4, 0.5) is 10.2 Å². The minimum atomic E-state index is -0.428. The number of rotatable bonds is 3. The first-order chi connectivity index (χ1) is 7.70. The van der Waals surface area contributed by atoms with Crippen molar-refractivity contribution in [2.24, 2.45) is 5.92 Å². The van der Waals surface area contributed by atoms with Gasteiger partial charge in [-0.05, 0) is 18.0 Å². The number of halogens is 2. The molecule has 4 nitrogen and oxygen atoms in total. The van der Waals surface area contributed by atoms with Gasteiger partial charge in [0, 0.05) is 26.1 Å². The standard InChI is InChI=1S/C10H13ClFN3O/c1-16-6-7-2-3-15(5-7)9-8(12)4-13-10(11)14-9/h4,7H,2-3,5-6H2,1H3. The van der Waals surface area contributed by atoms with Crippen molar-refractivity contribution in [1.29, 1.82) is 0 Å². The fraction of sp³-hybridized carbons (Fsp3) is 0.600. The van der Waals surface area contributed by atoms with Crippen molar-refractivity contribution in [3.05, 3.63) is 17.3 Å². The Balaban J connectivity index is 2.11. The van der Waals surface area contributed by atoms with Crippen molar-refractivity contribution >= 4 is 17.4 Å². The van der Waals surface area contributed by atoms with E-state index in [1.165, 1.54) is 0 Å². The molecule has 0 bridgehead atoms. The zero-order valence-electron chi connectivity index (χ0n) is 8.99. The van der Waals surface area contributed by atoms with Crippen LogP contribution in [0.3, 0.4) is 0 Å². The number of ether oxygens (including phenoxy) is 1. The van der Waals surface area contributed by atoms with Crippen LogP contribution in [0, 0.1) is 11.7 Å². The minimum absolute atomic E-state index is 0.0755. The molecular weight excluding hydrogens is 233 g/mol. The predicted molar refractivity (Wildman–Crippen MR) is 59.2 cm³/mol. The van der Waals surface area contributed by atoms with Crippen LogP contribution in [0.2, 0.25) is 5.28 Å². The number of methoxy groups -OCH3 is 1. The molecule has 1 atom stereocenters. The number of hydrogen-bond donors (Lipinski definition) is 0. The van der Waals surface area contributed by atoms with E-state index >= 15 is 0 Å². The van der Waals surface area contributed by atoms with Gasteiger partial charge in [-0.1, -0.05) is 0 Å². The third kappa shape index (κ3) is 2.41. The van der Waals surface area contributed by atoms with E-state index in [1.807, 2.05) is 4.90 Å². The van der Waals surface area contributed by atoms with E-state index in [1.54, 1.807) is 7.11 Å². The van der Waals surface area contributed by atoms with Crippen LogP contribution in [-0.2, 0) is 4.74 Å². The molecule has 88 valence electrons. The van der Waals surface area contributed by atoms with E-state index < -0.39 is 5.82 Å². The highest BCUT2D eigenvalue weighted by Gasteiger charge is 2.25. The zero-order valence-corrected chi connectivity index (χ0v) is 9.74. The lowest BCUT2D eigenvalue weighted by atomic mass is 10.1. The summed E-state index contributed by atoms with van der Waals surface area (Å²) in [4.78, 5) is 9.39. The highest BCUT2D eigenvalue weighted by atomic mass is 35.5. The van der Waals surface area contributed by atoms with Crippen molar-refractivity contribution in [2.45, 2.75) is 6.42 Å². The topological polar surface area (TPSA) is 38.2 Å². The molecule has 1 unspecified atom stereocenters. The summed E-state index contributed by atoms with van der Waals surface area (Å²) in [6.45, 7) is 2.22. The smallest absolute Gasteiger partial charge is 0.224 e. The quantitative estimate of drug-likeness (QED) is 0.761. The van der Waals surface area contributed by atoms with Gasteiger partial charge in [-0.25, -0.2) is 9.37 Å². The van der Waals surface area contributed by atoms with Crippen molar-refractivity contribution in [2.75, 3.05) is 31.7 Å². The SMILES string of the molecule is COCC1CCN(c2nc(Cl)ncc2F)C1. The van der Waals surface area contributed by atoms with Crippen LogP contribution in [0.15, 0.2) is 6.20 Å². The van der Waals surface area contributed by atoms with Gasteiger partial charge in [0.05, 0.1) is 12.8 Å². The summed E-state index contributed by atoms with van der Waals surface area (Å²) in [5.41, 5.74) is 0. The molecule has 0 radical (unpaired) electrons. The molecule has 1 aliphatic rings. The molecule has 1 aliphatic heterocycles. The Morgan fingerprint density at radius 2 is 2.50 bits per heavy atom. The number of anilines is 1. The van der Waals surface area contributed by atoms with Crippen LogP contribution in [0.5, 0.6) is 0 Å². The van der Waals surface area contributed by atoms with Gasteiger partial charge in [0.15, 0.2) is 11.6 Å². The van der Waals surface area contributed by atoms with Crippen molar-refractivity contribution in [3.8, 4) is 0 Å². The van der Waals surface area contributed by atoms with Gasteiger partial charge in [0.25, 0.3) is 0 Å². The molecule has 0 spiro atoms. The Morgan fingerprint density at radius 1 is 1.69 bits per heavy atom. The second-order valence-corrected chi connectivity index (χ2v) is 4.20. The Kier molecular flexibility index (Phi) is 3.56. The van der Waals surface area contributed by atoms with Gasteiger partial charge in [-0.3, -0.25) is 0 Å². The fourth-order valence-corrected chi connectivity index (χ4v) is 2.08. The van der Waals surface area contributed by atoms with E-state index in [0.717, 1.165) is 25.7 Å². The molecular formula is C10H13ClFN3O. The third-order valence-electron chi connectivity index (χ3n) is 2.68. The van der Waals surface area contributed by atoms with Gasteiger partial charge in [0.2, 0.25) is 5.28 Å². The maximum Gasteiger partial charge on any atom is 0.224 e. The lowest BCUT2D eigenvalue weighted by molar-refractivity contribution is 0.161. The second kappa shape index (κ2) is 4.93. The molecule has 2 rings (SSSR count). The summed E-state index contributed by atoms with van der Waals surface area (Å²) in [6, 6.07) is 0. The monoisotopic (exact) mass is 245 g/mol. The Morgan fingerprint density at radius 3 is 3.25 bits per heavy atom. The number of nitrogens with zero attached hydrogens (tertiary/aromatic N) is 3. The Labute approximate surface area is 98.4 Å². The molecule has 0 aliphatic carbocycles.